The van der Waals surface area contributed by atoms with E-state index in [0.717, 1.165) is 0 Å². The number of sulfone groups is 1. The van der Waals surface area contributed by atoms with Crippen LogP contribution in [-0.4, -0.2) is 57.9 Å². The van der Waals surface area contributed by atoms with Gasteiger partial charge in [0.25, 0.3) is 0 Å². The molecule has 0 bridgehead atoms. The van der Waals surface area contributed by atoms with Crippen molar-refractivity contribution in [3.63, 3.8) is 0 Å². The molecule has 0 radical (unpaired) electrons. The summed E-state index contributed by atoms with van der Waals surface area (Å²) in [6.07, 6.45) is 2.07. The van der Waals surface area contributed by atoms with E-state index in [1.54, 1.807) is 36.5 Å². The van der Waals surface area contributed by atoms with Crippen molar-refractivity contribution in [1.29, 1.82) is 0 Å². The SMILES string of the molecule is O=C(Cc1ccc(F)cc1)N1CC2(C1)C(c1nc(-c3ccccn3)no1)CCS2(=O)=O. The minimum Gasteiger partial charge on any atom is -0.339 e. The molecule has 4 heterocycles. The van der Waals surface area contributed by atoms with Gasteiger partial charge in [0.05, 0.1) is 18.1 Å². The molecular weight excluding hydrogens is 423 g/mol. The second kappa shape index (κ2) is 7.23. The van der Waals surface area contributed by atoms with Crippen molar-refractivity contribution in [2.45, 2.75) is 23.5 Å². The summed E-state index contributed by atoms with van der Waals surface area (Å²) >= 11 is 0. The van der Waals surface area contributed by atoms with E-state index in [-0.39, 0.29) is 42.9 Å². The van der Waals surface area contributed by atoms with Gasteiger partial charge in [0.15, 0.2) is 9.84 Å². The Balaban J connectivity index is 1.35. The van der Waals surface area contributed by atoms with E-state index in [9.17, 15) is 17.6 Å². The lowest BCUT2D eigenvalue weighted by Gasteiger charge is -2.49. The summed E-state index contributed by atoms with van der Waals surface area (Å²) in [6.45, 7) is 0.169. The third-order valence-electron chi connectivity index (χ3n) is 6.10. The summed E-state index contributed by atoms with van der Waals surface area (Å²) < 4.78 is 43.2. The minimum atomic E-state index is -3.43. The smallest absolute Gasteiger partial charge is 0.231 e. The van der Waals surface area contributed by atoms with Gasteiger partial charge in [0, 0.05) is 19.3 Å². The van der Waals surface area contributed by atoms with Crippen molar-refractivity contribution >= 4 is 15.7 Å². The Morgan fingerprint density at radius 3 is 2.68 bits per heavy atom. The van der Waals surface area contributed by atoms with Crippen LogP contribution < -0.4 is 0 Å². The zero-order valence-corrected chi connectivity index (χ0v) is 17.3. The quantitative estimate of drug-likeness (QED) is 0.608. The lowest BCUT2D eigenvalue weighted by Crippen LogP contribution is -2.67. The molecule has 1 aromatic carbocycles. The number of rotatable bonds is 4. The van der Waals surface area contributed by atoms with Gasteiger partial charge in [-0.1, -0.05) is 23.4 Å². The topological polar surface area (TPSA) is 106 Å². The number of pyridine rings is 1. The lowest BCUT2D eigenvalue weighted by molar-refractivity contribution is -0.136. The van der Waals surface area contributed by atoms with Crippen molar-refractivity contribution < 1.29 is 22.1 Å². The van der Waals surface area contributed by atoms with E-state index >= 15 is 0 Å². The molecule has 5 rings (SSSR count). The van der Waals surface area contributed by atoms with Crippen LogP contribution in [0.25, 0.3) is 11.5 Å². The van der Waals surface area contributed by atoms with Crippen LogP contribution in [-0.2, 0) is 21.1 Å². The molecule has 160 valence electrons. The van der Waals surface area contributed by atoms with Gasteiger partial charge in [0.1, 0.15) is 16.3 Å². The minimum absolute atomic E-state index is 0.0129. The van der Waals surface area contributed by atoms with Crippen LogP contribution in [0.4, 0.5) is 4.39 Å². The lowest BCUT2D eigenvalue weighted by atomic mass is 9.82. The number of hydrogen-bond donors (Lipinski definition) is 0. The normalized spacial score (nSPS) is 21.2. The fraction of sp³-hybridized carbons (Fsp3) is 0.333. The van der Waals surface area contributed by atoms with Gasteiger partial charge in [-0.15, -0.1) is 0 Å². The number of carbonyl (C=O) groups is 1. The predicted octanol–water partition coefficient (Wildman–Crippen LogP) is 2.00. The molecule has 0 aliphatic carbocycles. The largest absolute Gasteiger partial charge is 0.339 e. The van der Waals surface area contributed by atoms with E-state index < -0.39 is 20.5 Å². The Bertz CT molecular complexity index is 1220. The Morgan fingerprint density at radius 1 is 1.19 bits per heavy atom. The molecule has 1 atom stereocenters. The van der Waals surface area contributed by atoms with Crippen molar-refractivity contribution in [3.05, 3.63) is 65.9 Å². The standard InChI is InChI=1S/C21H19FN4O4S/c22-15-6-4-14(5-7-15)11-18(27)26-12-21(13-26)16(8-10-31(21,28)29)20-24-19(25-30-20)17-3-1-2-9-23-17/h1-7,9,16H,8,10-13H2. The van der Waals surface area contributed by atoms with E-state index in [4.69, 9.17) is 4.52 Å². The Hall–Kier alpha value is -3.14. The van der Waals surface area contributed by atoms with Crippen LogP contribution in [0, 0.1) is 5.82 Å². The number of likely N-dealkylation sites (tertiary alicyclic amines) is 1. The summed E-state index contributed by atoms with van der Waals surface area (Å²) in [5.41, 5.74) is 1.21. The van der Waals surface area contributed by atoms with Gasteiger partial charge in [-0.05, 0) is 36.2 Å². The second-order valence-electron chi connectivity index (χ2n) is 7.95. The Morgan fingerprint density at radius 2 is 1.97 bits per heavy atom. The van der Waals surface area contributed by atoms with Crippen molar-refractivity contribution in [1.82, 2.24) is 20.0 Å². The van der Waals surface area contributed by atoms with Crippen molar-refractivity contribution in [2.75, 3.05) is 18.8 Å². The average Bonchev–Trinajstić information content (AvgIpc) is 3.31. The maximum absolute atomic E-state index is 13.1. The molecule has 3 aromatic rings. The first-order valence-electron chi connectivity index (χ1n) is 9.87. The number of aromatic nitrogens is 3. The molecule has 2 aliphatic heterocycles. The average molecular weight is 442 g/mol. The number of benzene rings is 1. The molecule has 1 amide bonds. The number of halogens is 1. The Labute approximate surface area is 178 Å². The van der Waals surface area contributed by atoms with Gasteiger partial charge in [-0.3, -0.25) is 9.78 Å². The van der Waals surface area contributed by atoms with Gasteiger partial charge >= 0.3 is 0 Å². The summed E-state index contributed by atoms with van der Waals surface area (Å²) in [4.78, 5) is 22.8. The van der Waals surface area contributed by atoms with Crippen molar-refractivity contribution in [2.24, 2.45) is 0 Å². The molecule has 0 saturated carbocycles. The van der Waals surface area contributed by atoms with Gasteiger partial charge in [-0.25, -0.2) is 12.8 Å². The molecule has 2 aliphatic rings. The Kier molecular flexibility index (Phi) is 4.62. The zero-order chi connectivity index (χ0) is 21.6. The van der Waals surface area contributed by atoms with Crippen LogP contribution in [0.5, 0.6) is 0 Å². The molecule has 10 heteroatoms. The van der Waals surface area contributed by atoms with Crippen LogP contribution in [0.15, 0.2) is 53.2 Å². The summed E-state index contributed by atoms with van der Waals surface area (Å²) in [7, 11) is -3.43. The summed E-state index contributed by atoms with van der Waals surface area (Å²) in [5, 5.41) is 3.97. The fourth-order valence-electron chi connectivity index (χ4n) is 4.36. The first kappa shape index (κ1) is 19.8. The highest BCUT2D eigenvalue weighted by Crippen LogP contribution is 2.49. The fourth-order valence-corrected chi connectivity index (χ4v) is 6.67. The zero-order valence-electron chi connectivity index (χ0n) is 16.4. The molecule has 2 aromatic heterocycles. The molecule has 1 spiro atoms. The first-order valence-corrected chi connectivity index (χ1v) is 11.5. The van der Waals surface area contributed by atoms with Crippen LogP contribution in [0.1, 0.15) is 23.8 Å². The number of hydrogen-bond acceptors (Lipinski definition) is 7. The summed E-state index contributed by atoms with van der Waals surface area (Å²) in [6, 6.07) is 11.0. The van der Waals surface area contributed by atoms with E-state index in [0.29, 0.717) is 23.5 Å². The first-order chi connectivity index (χ1) is 14.9. The van der Waals surface area contributed by atoms with Crippen LogP contribution in [0.3, 0.4) is 0 Å². The number of carbonyl (C=O) groups excluding carboxylic acids is 1. The van der Waals surface area contributed by atoms with Gasteiger partial charge in [0.2, 0.25) is 17.6 Å². The van der Waals surface area contributed by atoms with E-state index in [2.05, 4.69) is 15.1 Å². The summed E-state index contributed by atoms with van der Waals surface area (Å²) in [5.74, 6) is -0.469. The highest BCUT2D eigenvalue weighted by atomic mass is 32.2. The molecule has 8 nitrogen and oxygen atoms in total. The van der Waals surface area contributed by atoms with Crippen molar-refractivity contribution in [3.8, 4) is 11.5 Å². The van der Waals surface area contributed by atoms with E-state index in [1.165, 1.54) is 17.0 Å². The molecule has 0 N–H and O–H groups in total. The molecule has 2 saturated heterocycles. The molecular formula is C21H19FN4O4S. The molecule has 1 unspecified atom stereocenters. The molecule has 2 fully saturated rings. The van der Waals surface area contributed by atoms with E-state index in [1.807, 2.05) is 0 Å². The third kappa shape index (κ3) is 3.31. The maximum Gasteiger partial charge on any atom is 0.231 e. The second-order valence-corrected chi connectivity index (χ2v) is 10.4. The molecule has 31 heavy (non-hydrogen) atoms. The van der Waals surface area contributed by atoms with Crippen LogP contribution in [0.2, 0.25) is 0 Å². The number of nitrogens with zero attached hydrogens (tertiary/aromatic N) is 4. The van der Waals surface area contributed by atoms with Gasteiger partial charge < -0.3 is 9.42 Å². The third-order valence-corrected chi connectivity index (χ3v) is 8.66. The highest BCUT2D eigenvalue weighted by Gasteiger charge is 2.64. The van der Waals surface area contributed by atoms with Gasteiger partial charge in [-0.2, -0.15) is 4.98 Å². The highest BCUT2D eigenvalue weighted by molar-refractivity contribution is 7.93. The predicted molar refractivity (Wildman–Crippen MR) is 108 cm³/mol. The maximum atomic E-state index is 13.1. The van der Waals surface area contributed by atoms with Crippen LogP contribution >= 0.6 is 0 Å². The number of amides is 1. The monoisotopic (exact) mass is 442 g/mol.